The van der Waals surface area contributed by atoms with Crippen molar-refractivity contribution in [3.05, 3.63) is 0 Å². The van der Waals surface area contributed by atoms with E-state index < -0.39 is 0 Å². The van der Waals surface area contributed by atoms with Crippen molar-refractivity contribution in [1.29, 1.82) is 0 Å². The van der Waals surface area contributed by atoms with Crippen LogP contribution in [0.2, 0.25) is 0 Å². The molecule has 16 heavy (non-hydrogen) atoms. The number of hydrogen-bond acceptors (Lipinski definition) is 4. The Kier molecular flexibility index (Phi) is 3.16. The molecular weight excluding hydrogens is 202 g/mol. The Bertz CT molecular complexity index is 236. The molecular formula is C12H23N3O. The quantitative estimate of drug-likeness (QED) is 0.718. The van der Waals surface area contributed by atoms with Gasteiger partial charge in [-0.15, -0.1) is 0 Å². The number of hydrogen-bond donors (Lipinski definition) is 1. The van der Waals surface area contributed by atoms with Crippen LogP contribution in [0.4, 0.5) is 0 Å². The molecule has 3 rings (SSSR count). The summed E-state index contributed by atoms with van der Waals surface area (Å²) in [5.74, 6) is 0.562. The highest BCUT2D eigenvalue weighted by Crippen LogP contribution is 2.27. The van der Waals surface area contributed by atoms with Gasteiger partial charge in [0.15, 0.2) is 0 Å². The predicted molar refractivity (Wildman–Crippen MR) is 63.3 cm³/mol. The van der Waals surface area contributed by atoms with Crippen LogP contribution in [-0.2, 0) is 4.74 Å². The van der Waals surface area contributed by atoms with Crippen LogP contribution in [0.3, 0.4) is 0 Å². The Morgan fingerprint density at radius 3 is 2.38 bits per heavy atom. The summed E-state index contributed by atoms with van der Waals surface area (Å²) in [4.78, 5) is 5.22. The molecule has 0 aromatic rings. The molecule has 92 valence electrons. The van der Waals surface area contributed by atoms with Crippen LogP contribution in [-0.4, -0.2) is 67.8 Å². The lowest BCUT2D eigenvalue weighted by Gasteiger charge is -2.36. The van der Waals surface area contributed by atoms with Gasteiger partial charge in [0.05, 0.1) is 13.2 Å². The van der Waals surface area contributed by atoms with Crippen molar-refractivity contribution in [1.82, 2.24) is 9.80 Å². The zero-order chi connectivity index (χ0) is 11.0. The van der Waals surface area contributed by atoms with Crippen LogP contribution in [0.15, 0.2) is 0 Å². The Morgan fingerprint density at radius 1 is 1.06 bits per heavy atom. The first-order valence-electron chi connectivity index (χ1n) is 6.62. The van der Waals surface area contributed by atoms with E-state index in [2.05, 4.69) is 9.80 Å². The molecule has 0 amide bonds. The van der Waals surface area contributed by atoms with Gasteiger partial charge in [-0.2, -0.15) is 0 Å². The lowest BCUT2D eigenvalue weighted by atomic mass is 10.0. The second kappa shape index (κ2) is 4.61. The van der Waals surface area contributed by atoms with Crippen molar-refractivity contribution >= 4 is 0 Å². The third-order valence-corrected chi connectivity index (χ3v) is 4.21. The van der Waals surface area contributed by atoms with Crippen LogP contribution in [0.1, 0.15) is 12.8 Å². The largest absolute Gasteiger partial charge is 0.379 e. The van der Waals surface area contributed by atoms with E-state index in [4.69, 9.17) is 10.5 Å². The van der Waals surface area contributed by atoms with Crippen molar-refractivity contribution < 1.29 is 4.74 Å². The highest BCUT2D eigenvalue weighted by atomic mass is 16.5. The molecule has 1 saturated carbocycles. The summed E-state index contributed by atoms with van der Waals surface area (Å²) in [7, 11) is 0. The molecule has 1 aliphatic carbocycles. The van der Waals surface area contributed by atoms with Gasteiger partial charge in [0.2, 0.25) is 0 Å². The van der Waals surface area contributed by atoms with E-state index >= 15 is 0 Å². The van der Waals surface area contributed by atoms with E-state index in [0.29, 0.717) is 5.92 Å². The van der Waals surface area contributed by atoms with Gasteiger partial charge in [0.25, 0.3) is 0 Å². The molecule has 2 N–H and O–H groups in total. The monoisotopic (exact) mass is 225 g/mol. The minimum atomic E-state index is 0.265. The fourth-order valence-electron chi connectivity index (χ4n) is 2.89. The number of ether oxygens (including phenoxy) is 1. The van der Waals surface area contributed by atoms with E-state index in [1.807, 2.05) is 0 Å². The molecule has 0 aromatic carbocycles. The van der Waals surface area contributed by atoms with Crippen LogP contribution < -0.4 is 5.73 Å². The second-order valence-corrected chi connectivity index (χ2v) is 5.53. The number of nitrogens with zero attached hydrogens (tertiary/aromatic N) is 2. The van der Waals surface area contributed by atoms with Gasteiger partial charge in [-0.1, -0.05) is 0 Å². The summed E-state index contributed by atoms with van der Waals surface area (Å²) < 4.78 is 5.42. The standard InChI is InChI=1S/C12H23N3O/c13-12-9-16-8-10(12)7-14-3-5-15(6-4-14)11-1-2-11/h10-12H,1-9,13H2. The average Bonchev–Trinajstić information content (AvgIpc) is 3.07. The van der Waals surface area contributed by atoms with E-state index in [0.717, 1.165) is 25.8 Å². The molecule has 4 heteroatoms. The van der Waals surface area contributed by atoms with Crippen molar-refractivity contribution in [3.8, 4) is 0 Å². The maximum absolute atomic E-state index is 6.02. The predicted octanol–water partition coefficient (Wildman–Crippen LogP) is -0.260. The van der Waals surface area contributed by atoms with Crippen molar-refractivity contribution in [2.75, 3.05) is 45.9 Å². The Hall–Kier alpha value is -0.160. The van der Waals surface area contributed by atoms with E-state index in [9.17, 15) is 0 Å². The second-order valence-electron chi connectivity index (χ2n) is 5.53. The normalized spacial score (nSPS) is 38.1. The fraction of sp³-hybridized carbons (Fsp3) is 1.00. The molecule has 4 nitrogen and oxygen atoms in total. The Labute approximate surface area is 97.7 Å². The topological polar surface area (TPSA) is 41.7 Å². The maximum Gasteiger partial charge on any atom is 0.0621 e. The molecule has 2 aliphatic heterocycles. The van der Waals surface area contributed by atoms with Gasteiger partial charge >= 0.3 is 0 Å². The molecule has 0 bridgehead atoms. The SMILES string of the molecule is NC1COCC1CN1CCN(C2CC2)CC1. The molecule has 0 aromatic heterocycles. The highest BCUT2D eigenvalue weighted by molar-refractivity contribution is 4.89. The van der Waals surface area contributed by atoms with Crippen LogP contribution >= 0.6 is 0 Å². The van der Waals surface area contributed by atoms with Gasteiger partial charge in [-0.25, -0.2) is 0 Å². The molecule has 2 saturated heterocycles. The first kappa shape index (κ1) is 11.0. The van der Waals surface area contributed by atoms with Gasteiger partial charge in [-0.05, 0) is 12.8 Å². The summed E-state index contributed by atoms with van der Waals surface area (Å²) in [5, 5.41) is 0. The molecule has 2 atom stereocenters. The average molecular weight is 225 g/mol. The smallest absolute Gasteiger partial charge is 0.0621 e. The van der Waals surface area contributed by atoms with Crippen molar-refractivity contribution in [2.24, 2.45) is 11.7 Å². The van der Waals surface area contributed by atoms with Gasteiger partial charge in [0, 0.05) is 50.7 Å². The molecule has 3 aliphatic rings. The molecule has 2 heterocycles. The maximum atomic E-state index is 6.02. The summed E-state index contributed by atoms with van der Waals surface area (Å²) in [6.45, 7) is 7.72. The third-order valence-electron chi connectivity index (χ3n) is 4.21. The minimum Gasteiger partial charge on any atom is -0.379 e. The zero-order valence-electron chi connectivity index (χ0n) is 9.98. The first-order valence-corrected chi connectivity index (χ1v) is 6.62. The molecule has 2 unspecified atom stereocenters. The Balaban J connectivity index is 1.43. The van der Waals surface area contributed by atoms with Gasteiger partial charge in [0.1, 0.15) is 0 Å². The number of piperazine rings is 1. The van der Waals surface area contributed by atoms with Crippen LogP contribution in [0.25, 0.3) is 0 Å². The summed E-state index contributed by atoms with van der Waals surface area (Å²) in [5.41, 5.74) is 6.02. The summed E-state index contributed by atoms with van der Waals surface area (Å²) >= 11 is 0. The van der Waals surface area contributed by atoms with E-state index in [1.165, 1.54) is 39.0 Å². The Morgan fingerprint density at radius 2 is 1.81 bits per heavy atom. The fourth-order valence-corrected chi connectivity index (χ4v) is 2.89. The zero-order valence-corrected chi connectivity index (χ0v) is 9.98. The molecule has 0 spiro atoms. The summed E-state index contributed by atoms with van der Waals surface area (Å²) in [6.07, 6.45) is 2.86. The molecule has 0 radical (unpaired) electrons. The van der Waals surface area contributed by atoms with Gasteiger partial charge < -0.3 is 15.4 Å². The van der Waals surface area contributed by atoms with Crippen molar-refractivity contribution in [3.63, 3.8) is 0 Å². The van der Waals surface area contributed by atoms with Gasteiger partial charge in [-0.3, -0.25) is 4.90 Å². The third kappa shape index (κ3) is 2.40. The lowest BCUT2D eigenvalue weighted by molar-refractivity contribution is 0.105. The number of nitrogens with two attached hydrogens (primary N) is 1. The minimum absolute atomic E-state index is 0.265. The van der Waals surface area contributed by atoms with Crippen LogP contribution in [0.5, 0.6) is 0 Å². The van der Waals surface area contributed by atoms with Crippen molar-refractivity contribution in [2.45, 2.75) is 24.9 Å². The number of rotatable bonds is 3. The van der Waals surface area contributed by atoms with E-state index in [-0.39, 0.29) is 6.04 Å². The first-order chi connectivity index (χ1) is 7.83. The summed E-state index contributed by atoms with van der Waals surface area (Å²) in [6, 6.07) is 1.20. The van der Waals surface area contributed by atoms with E-state index in [1.54, 1.807) is 0 Å². The lowest BCUT2D eigenvalue weighted by Crippen LogP contribution is -2.50. The molecule has 3 fully saturated rings. The highest BCUT2D eigenvalue weighted by Gasteiger charge is 2.33. The van der Waals surface area contributed by atoms with Crippen LogP contribution in [0, 0.1) is 5.92 Å².